The van der Waals surface area contributed by atoms with Crippen molar-refractivity contribution in [3.63, 3.8) is 0 Å². The zero-order valence-corrected chi connectivity index (χ0v) is 13.0. The Labute approximate surface area is 126 Å². The maximum Gasteiger partial charge on any atom is 0.127 e. The quantitative estimate of drug-likeness (QED) is 0.741. The lowest BCUT2D eigenvalue weighted by molar-refractivity contribution is 0.300. The number of hydrogen-bond acceptors (Lipinski definition) is 2. The molecule has 0 spiro atoms. The van der Waals surface area contributed by atoms with E-state index in [4.69, 9.17) is 9.47 Å². The van der Waals surface area contributed by atoms with Crippen molar-refractivity contribution in [3.8, 4) is 11.5 Å². The summed E-state index contributed by atoms with van der Waals surface area (Å²) < 4.78 is 24.3. The summed E-state index contributed by atoms with van der Waals surface area (Å²) in [6.07, 6.45) is 0. The minimum Gasteiger partial charge on any atom is -0.497 e. The molecule has 0 aromatic heterocycles. The SMILES string of the molecule is COc1ccc(CBr)c(OCc2cc(F)ccc2C)c1. The van der Waals surface area contributed by atoms with Gasteiger partial charge in [0, 0.05) is 17.0 Å². The minimum absolute atomic E-state index is 0.249. The van der Waals surface area contributed by atoms with Crippen molar-refractivity contribution in [1.82, 2.24) is 0 Å². The molecular weight excluding hydrogens is 323 g/mol. The predicted octanol–water partition coefficient (Wildman–Crippen LogP) is 4.62. The van der Waals surface area contributed by atoms with E-state index in [-0.39, 0.29) is 5.82 Å². The minimum atomic E-state index is -0.249. The molecule has 4 heteroatoms. The first-order valence-corrected chi connectivity index (χ1v) is 7.37. The molecular formula is C16H16BrFO2. The van der Waals surface area contributed by atoms with Crippen LogP contribution in [0.5, 0.6) is 11.5 Å². The van der Waals surface area contributed by atoms with Crippen LogP contribution < -0.4 is 9.47 Å². The van der Waals surface area contributed by atoms with Gasteiger partial charge in [0.1, 0.15) is 23.9 Å². The van der Waals surface area contributed by atoms with Crippen molar-refractivity contribution in [2.45, 2.75) is 18.9 Å². The van der Waals surface area contributed by atoms with Crippen molar-refractivity contribution < 1.29 is 13.9 Å². The maximum atomic E-state index is 13.3. The number of halogens is 2. The summed E-state index contributed by atoms with van der Waals surface area (Å²) in [5.74, 6) is 1.23. The van der Waals surface area contributed by atoms with Crippen molar-refractivity contribution >= 4 is 15.9 Å². The number of rotatable bonds is 5. The van der Waals surface area contributed by atoms with Crippen LogP contribution in [0.25, 0.3) is 0 Å². The first kappa shape index (κ1) is 14.9. The monoisotopic (exact) mass is 338 g/mol. The second-order valence-corrected chi connectivity index (χ2v) is 5.03. The Bertz CT molecular complexity index is 599. The van der Waals surface area contributed by atoms with Crippen LogP contribution in [0.2, 0.25) is 0 Å². The fourth-order valence-electron chi connectivity index (χ4n) is 1.86. The Hall–Kier alpha value is -1.55. The standard InChI is InChI=1S/C16H16BrFO2/c1-11-3-5-14(18)7-13(11)10-20-16-8-15(19-2)6-4-12(16)9-17/h3-8H,9-10H2,1-2H3. The number of benzene rings is 2. The van der Waals surface area contributed by atoms with Crippen LogP contribution in [0.4, 0.5) is 4.39 Å². The Morgan fingerprint density at radius 3 is 2.60 bits per heavy atom. The smallest absolute Gasteiger partial charge is 0.127 e. The second-order valence-electron chi connectivity index (χ2n) is 4.47. The number of hydrogen-bond donors (Lipinski definition) is 0. The van der Waals surface area contributed by atoms with E-state index >= 15 is 0 Å². The van der Waals surface area contributed by atoms with Gasteiger partial charge in [-0.25, -0.2) is 4.39 Å². The topological polar surface area (TPSA) is 18.5 Å². The molecule has 0 bridgehead atoms. The second kappa shape index (κ2) is 6.75. The highest BCUT2D eigenvalue weighted by Crippen LogP contribution is 2.27. The van der Waals surface area contributed by atoms with Crippen molar-refractivity contribution in [1.29, 1.82) is 0 Å². The molecule has 0 atom stereocenters. The van der Waals surface area contributed by atoms with E-state index in [0.717, 1.165) is 28.2 Å². The van der Waals surface area contributed by atoms with Gasteiger partial charge >= 0.3 is 0 Å². The molecule has 0 heterocycles. The molecule has 2 aromatic rings. The summed E-state index contributed by atoms with van der Waals surface area (Å²) in [4.78, 5) is 0. The van der Waals surface area contributed by atoms with E-state index in [2.05, 4.69) is 15.9 Å². The van der Waals surface area contributed by atoms with Gasteiger partial charge < -0.3 is 9.47 Å². The fraction of sp³-hybridized carbons (Fsp3) is 0.250. The van der Waals surface area contributed by atoms with Crippen LogP contribution in [0.15, 0.2) is 36.4 Å². The van der Waals surface area contributed by atoms with Gasteiger partial charge in [-0.3, -0.25) is 0 Å². The summed E-state index contributed by atoms with van der Waals surface area (Å²) in [5.41, 5.74) is 2.88. The lowest BCUT2D eigenvalue weighted by Crippen LogP contribution is -2.01. The average molecular weight is 339 g/mol. The molecule has 20 heavy (non-hydrogen) atoms. The van der Waals surface area contributed by atoms with Crippen LogP contribution in [-0.2, 0) is 11.9 Å². The predicted molar refractivity (Wildman–Crippen MR) is 81.1 cm³/mol. The first-order chi connectivity index (χ1) is 9.63. The largest absolute Gasteiger partial charge is 0.497 e. The lowest BCUT2D eigenvalue weighted by Gasteiger charge is -2.13. The molecule has 0 radical (unpaired) electrons. The van der Waals surface area contributed by atoms with E-state index in [9.17, 15) is 4.39 Å². The van der Waals surface area contributed by atoms with Crippen LogP contribution in [0.3, 0.4) is 0 Å². The van der Waals surface area contributed by atoms with Crippen LogP contribution >= 0.6 is 15.9 Å². The number of ether oxygens (including phenoxy) is 2. The van der Waals surface area contributed by atoms with E-state index < -0.39 is 0 Å². The summed E-state index contributed by atoms with van der Waals surface area (Å²) >= 11 is 3.43. The van der Waals surface area contributed by atoms with Gasteiger partial charge in [-0.1, -0.05) is 28.1 Å². The highest BCUT2D eigenvalue weighted by molar-refractivity contribution is 9.08. The highest BCUT2D eigenvalue weighted by Gasteiger charge is 2.07. The number of alkyl halides is 1. The molecule has 0 aliphatic carbocycles. The zero-order chi connectivity index (χ0) is 14.5. The summed E-state index contributed by atoms with van der Waals surface area (Å²) in [6, 6.07) is 10.4. The van der Waals surface area contributed by atoms with E-state index in [1.165, 1.54) is 12.1 Å². The highest BCUT2D eigenvalue weighted by atomic mass is 79.9. The van der Waals surface area contributed by atoms with Gasteiger partial charge in [-0.05, 0) is 36.2 Å². The van der Waals surface area contributed by atoms with Gasteiger partial charge in [0.15, 0.2) is 0 Å². The molecule has 106 valence electrons. The molecule has 0 aliphatic heterocycles. The van der Waals surface area contributed by atoms with Crippen molar-refractivity contribution in [3.05, 3.63) is 58.9 Å². The van der Waals surface area contributed by atoms with Gasteiger partial charge in [-0.15, -0.1) is 0 Å². The van der Waals surface area contributed by atoms with Gasteiger partial charge in [-0.2, -0.15) is 0 Å². The van der Waals surface area contributed by atoms with Gasteiger partial charge in [0.25, 0.3) is 0 Å². The van der Waals surface area contributed by atoms with Crippen LogP contribution in [0.1, 0.15) is 16.7 Å². The molecule has 2 rings (SSSR count). The molecule has 0 saturated carbocycles. The molecule has 0 amide bonds. The van der Waals surface area contributed by atoms with Crippen LogP contribution in [-0.4, -0.2) is 7.11 Å². The molecule has 0 fully saturated rings. The molecule has 2 aromatic carbocycles. The fourth-order valence-corrected chi connectivity index (χ4v) is 2.32. The summed E-state index contributed by atoms with van der Waals surface area (Å²) in [5, 5.41) is 0.689. The van der Waals surface area contributed by atoms with Crippen LogP contribution in [0, 0.1) is 12.7 Å². The number of methoxy groups -OCH3 is 1. The molecule has 0 saturated heterocycles. The maximum absolute atomic E-state index is 13.3. The third-order valence-electron chi connectivity index (χ3n) is 3.11. The lowest BCUT2D eigenvalue weighted by atomic mass is 10.1. The Morgan fingerprint density at radius 2 is 1.90 bits per heavy atom. The summed E-state index contributed by atoms with van der Waals surface area (Å²) in [7, 11) is 1.61. The molecule has 2 nitrogen and oxygen atoms in total. The molecule has 0 unspecified atom stereocenters. The van der Waals surface area contributed by atoms with E-state index in [0.29, 0.717) is 11.9 Å². The number of aryl methyl sites for hydroxylation is 1. The Kier molecular flexibility index (Phi) is 5.01. The normalized spacial score (nSPS) is 10.4. The zero-order valence-electron chi connectivity index (χ0n) is 11.5. The van der Waals surface area contributed by atoms with Crippen molar-refractivity contribution in [2.24, 2.45) is 0 Å². The third kappa shape index (κ3) is 3.51. The first-order valence-electron chi connectivity index (χ1n) is 6.24. The third-order valence-corrected chi connectivity index (χ3v) is 3.72. The van der Waals surface area contributed by atoms with E-state index in [1.54, 1.807) is 13.2 Å². The Balaban J connectivity index is 2.19. The molecule has 0 aliphatic rings. The average Bonchev–Trinajstić information content (AvgIpc) is 2.47. The van der Waals surface area contributed by atoms with Gasteiger partial charge in [0.05, 0.1) is 7.11 Å². The van der Waals surface area contributed by atoms with Gasteiger partial charge in [0.2, 0.25) is 0 Å². The van der Waals surface area contributed by atoms with Crippen molar-refractivity contribution in [2.75, 3.05) is 7.11 Å². The molecule has 0 N–H and O–H groups in total. The van der Waals surface area contributed by atoms with E-state index in [1.807, 2.05) is 25.1 Å². The summed E-state index contributed by atoms with van der Waals surface area (Å²) in [6.45, 7) is 2.27. The Morgan fingerprint density at radius 1 is 1.10 bits per heavy atom.